The minimum Gasteiger partial charge on any atom is -0.368 e. The first-order valence-electron chi connectivity index (χ1n) is 9.33. The van der Waals surface area contributed by atoms with Crippen LogP contribution in [0, 0.1) is 6.92 Å². The summed E-state index contributed by atoms with van der Waals surface area (Å²) in [7, 11) is 0. The van der Waals surface area contributed by atoms with E-state index in [1.807, 2.05) is 4.90 Å². The zero-order valence-corrected chi connectivity index (χ0v) is 16.0. The fourth-order valence-corrected chi connectivity index (χ4v) is 4.43. The summed E-state index contributed by atoms with van der Waals surface area (Å²) in [5.41, 5.74) is 3.56. The number of benzene rings is 1. The van der Waals surface area contributed by atoms with E-state index in [0.717, 1.165) is 62.9 Å². The zero-order chi connectivity index (χ0) is 17.9. The summed E-state index contributed by atoms with van der Waals surface area (Å²) < 4.78 is 5.53. The quantitative estimate of drug-likeness (QED) is 0.829. The van der Waals surface area contributed by atoms with Gasteiger partial charge in [0.1, 0.15) is 11.1 Å². The van der Waals surface area contributed by atoms with Gasteiger partial charge in [0.15, 0.2) is 0 Å². The molecule has 138 valence electrons. The molecule has 0 saturated carbocycles. The van der Waals surface area contributed by atoms with E-state index in [4.69, 9.17) is 9.72 Å². The summed E-state index contributed by atoms with van der Waals surface area (Å²) in [6.45, 7) is 7.05. The Kier molecular flexibility index (Phi) is 5.33. The molecule has 2 saturated heterocycles. The number of aromatic nitrogens is 1. The Morgan fingerprint density at radius 2 is 2.15 bits per heavy atom. The van der Waals surface area contributed by atoms with Crippen LogP contribution >= 0.6 is 11.3 Å². The summed E-state index contributed by atoms with van der Waals surface area (Å²) in [6, 6.07) is 8.48. The fraction of sp³-hybridized carbons (Fsp3) is 0.500. The van der Waals surface area contributed by atoms with Crippen LogP contribution in [0.3, 0.4) is 0 Å². The zero-order valence-electron chi connectivity index (χ0n) is 15.2. The average Bonchev–Trinajstić information content (AvgIpc) is 3.34. The molecule has 2 aromatic rings. The van der Waals surface area contributed by atoms with Gasteiger partial charge in [-0.05, 0) is 25.8 Å². The molecule has 0 spiro atoms. The highest BCUT2D eigenvalue weighted by Crippen LogP contribution is 2.25. The molecule has 26 heavy (non-hydrogen) atoms. The molecule has 4 rings (SSSR count). The van der Waals surface area contributed by atoms with Crippen molar-refractivity contribution >= 4 is 17.2 Å². The Morgan fingerprint density at radius 3 is 2.88 bits per heavy atom. The Balaban J connectivity index is 1.31. The lowest BCUT2D eigenvalue weighted by Crippen LogP contribution is -2.51. The van der Waals surface area contributed by atoms with Crippen molar-refractivity contribution < 1.29 is 9.53 Å². The summed E-state index contributed by atoms with van der Waals surface area (Å²) in [6.07, 6.45) is 1.68. The lowest BCUT2D eigenvalue weighted by atomic mass is 10.1. The third-order valence-electron chi connectivity index (χ3n) is 5.09. The third kappa shape index (κ3) is 3.98. The van der Waals surface area contributed by atoms with Gasteiger partial charge in [-0.15, -0.1) is 11.3 Å². The molecule has 2 aliphatic heterocycles. The maximum atomic E-state index is 12.4. The molecule has 1 aromatic heterocycles. The normalized spacial score (nSPS) is 21.3. The first-order valence-corrected chi connectivity index (χ1v) is 10.2. The maximum absolute atomic E-state index is 12.4. The van der Waals surface area contributed by atoms with Crippen LogP contribution < -0.4 is 0 Å². The molecule has 6 heteroatoms. The van der Waals surface area contributed by atoms with Crippen molar-refractivity contribution in [2.75, 3.05) is 32.8 Å². The summed E-state index contributed by atoms with van der Waals surface area (Å²) >= 11 is 1.70. The van der Waals surface area contributed by atoms with Crippen LogP contribution in [0.5, 0.6) is 0 Å². The topological polar surface area (TPSA) is 45.7 Å². The van der Waals surface area contributed by atoms with E-state index < -0.39 is 0 Å². The van der Waals surface area contributed by atoms with Gasteiger partial charge in [0.05, 0.1) is 5.69 Å². The largest absolute Gasteiger partial charge is 0.368 e. The Hall–Kier alpha value is -1.76. The molecule has 1 atom stereocenters. The number of piperazine rings is 1. The number of aryl methyl sites for hydroxylation is 1. The van der Waals surface area contributed by atoms with Crippen LogP contribution in [0.25, 0.3) is 10.6 Å². The van der Waals surface area contributed by atoms with Crippen molar-refractivity contribution in [1.82, 2.24) is 14.8 Å². The third-order valence-corrected chi connectivity index (χ3v) is 6.03. The molecule has 3 heterocycles. The molecule has 5 nitrogen and oxygen atoms in total. The van der Waals surface area contributed by atoms with E-state index >= 15 is 0 Å². The second kappa shape index (κ2) is 7.86. The van der Waals surface area contributed by atoms with Crippen LogP contribution in [-0.4, -0.2) is 59.6 Å². The highest BCUT2D eigenvalue weighted by Gasteiger charge is 2.30. The summed E-state index contributed by atoms with van der Waals surface area (Å²) in [5, 5.41) is 3.23. The number of amides is 1. The number of carbonyl (C=O) groups is 1. The van der Waals surface area contributed by atoms with E-state index in [0.29, 0.717) is 0 Å². The van der Waals surface area contributed by atoms with Gasteiger partial charge in [0, 0.05) is 50.3 Å². The van der Waals surface area contributed by atoms with E-state index in [9.17, 15) is 4.79 Å². The van der Waals surface area contributed by atoms with Crippen molar-refractivity contribution in [1.29, 1.82) is 0 Å². The number of nitrogens with zero attached hydrogens (tertiary/aromatic N) is 3. The Labute approximate surface area is 158 Å². The monoisotopic (exact) mass is 371 g/mol. The number of thiazole rings is 1. The number of hydrogen-bond donors (Lipinski definition) is 0. The smallest absolute Gasteiger partial charge is 0.251 e. The first kappa shape index (κ1) is 17.6. The lowest BCUT2D eigenvalue weighted by molar-refractivity contribution is -0.142. The number of hydrogen-bond acceptors (Lipinski definition) is 5. The van der Waals surface area contributed by atoms with Gasteiger partial charge >= 0.3 is 0 Å². The van der Waals surface area contributed by atoms with Gasteiger partial charge in [0.2, 0.25) is 0 Å². The van der Waals surface area contributed by atoms with E-state index in [2.05, 4.69) is 41.5 Å². The van der Waals surface area contributed by atoms with Crippen LogP contribution in [-0.2, 0) is 16.1 Å². The molecule has 2 aliphatic rings. The number of carbonyl (C=O) groups excluding carboxylic acids is 1. The highest BCUT2D eigenvalue weighted by molar-refractivity contribution is 7.13. The van der Waals surface area contributed by atoms with Gasteiger partial charge < -0.3 is 9.64 Å². The lowest BCUT2D eigenvalue weighted by Gasteiger charge is -2.35. The van der Waals surface area contributed by atoms with Gasteiger partial charge in [-0.25, -0.2) is 4.98 Å². The van der Waals surface area contributed by atoms with E-state index in [1.165, 1.54) is 11.1 Å². The van der Waals surface area contributed by atoms with Crippen molar-refractivity contribution in [3.8, 4) is 10.6 Å². The molecule has 1 aromatic carbocycles. The molecular weight excluding hydrogens is 346 g/mol. The molecule has 2 fully saturated rings. The maximum Gasteiger partial charge on any atom is 0.251 e. The van der Waals surface area contributed by atoms with Crippen LogP contribution in [0.15, 0.2) is 29.6 Å². The van der Waals surface area contributed by atoms with Crippen LogP contribution in [0.1, 0.15) is 24.1 Å². The summed E-state index contributed by atoms with van der Waals surface area (Å²) in [4.78, 5) is 21.6. The molecule has 1 amide bonds. The van der Waals surface area contributed by atoms with Gasteiger partial charge in [-0.3, -0.25) is 9.69 Å². The molecule has 0 aliphatic carbocycles. The SMILES string of the molecule is Cc1cccc(-c2nc(CN3CCN(C(=O)[C@H]4CCCO4)CC3)cs2)c1. The minimum atomic E-state index is -0.197. The highest BCUT2D eigenvalue weighted by atomic mass is 32.1. The predicted molar refractivity (Wildman–Crippen MR) is 103 cm³/mol. The number of ether oxygens (including phenoxy) is 1. The fourth-order valence-electron chi connectivity index (χ4n) is 3.62. The van der Waals surface area contributed by atoms with Crippen molar-refractivity contribution in [3.05, 3.63) is 40.9 Å². The van der Waals surface area contributed by atoms with Gasteiger partial charge in [0.25, 0.3) is 5.91 Å². The Bertz CT molecular complexity index is 762. The number of rotatable bonds is 4. The molecule has 0 N–H and O–H groups in total. The Morgan fingerprint density at radius 1 is 1.31 bits per heavy atom. The average molecular weight is 372 g/mol. The van der Waals surface area contributed by atoms with E-state index in [-0.39, 0.29) is 12.0 Å². The van der Waals surface area contributed by atoms with Crippen LogP contribution in [0.2, 0.25) is 0 Å². The van der Waals surface area contributed by atoms with Crippen molar-refractivity contribution in [2.45, 2.75) is 32.4 Å². The standard InChI is InChI=1S/C20H25N3O2S/c1-15-4-2-5-16(12-15)19-21-17(14-26-19)13-22-7-9-23(10-8-22)20(24)18-6-3-11-25-18/h2,4-5,12,14,18H,3,6-11,13H2,1H3/t18-/m1/s1. The van der Waals surface area contributed by atoms with Gasteiger partial charge in [-0.2, -0.15) is 0 Å². The second-order valence-electron chi connectivity index (χ2n) is 7.12. The van der Waals surface area contributed by atoms with Crippen molar-refractivity contribution in [2.24, 2.45) is 0 Å². The van der Waals surface area contributed by atoms with Crippen LogP contribution in [0.4, 0.5) is 0 Å². The predicted octanol–water partition coefficient (Wildman–Crippen LogP) is 2.94. The minimum absolute atomic E-state index is 0.178. The van der Waals surface area contributed by atoms with E-state index in [1.54, 1.807) is 11.3 Å². The van der Waals surface area contributed by atoms with Crippen molar-refractivity contribution in [3.63, 3.8) is 0 Å². The molecule has 0 bridgehead atoms. The molecule has 0 radical (unpaired) electrons. The first-order chi connectivity index (χ1) is 12.7. The van der Waals surface area contributed by atoms with Gasteiger partial charge in [-0.1, -0.05) is 23.8 Å². The molecular formula is C20H25N3O2S. The second-order valence-corrected chi connectivity index (χ2v) is 7.97. The molecule has 0 unspecified atom stereocenters. The summed E-state index contributed by atoms with van der Waals surface area (Å²) in [5.74, 6) is 0.178.